The standard InChI is InChI=1S/C15H21NO3/c1-15(2,3)19-14(17)16(4)12-9-11-7-5-6-8-13(11)18-10-12/h5-8,12H,9-10H2,1-4H3. The van der Waals surface area contributed by atoms with Gasteiger partial charge in [-0.15, -0.1) is 0 Å². The molecule has 2 rings (SSSR count). The highest BCUT2D eigenvalue weighted by Gasteiger charge is 2.29. The van der Waals surface area contributed by atoms with Crippen LogP contribution >= 0.6 is 0 Å². The molecule has 1 aromatic rings. The van der Waals surface area contributed by atoms with Crippen molar-refractivity contribution in [3.05, 3.63) is 29.8 Å². The monoisotopic (exact) mass is 263 g/mol. The van der Waals surface area contributed by atoms with Crippen LogP contribution in [0.15, 0.2) is 24.3 Å². The highest BCUT2D eigenvalue weighted by atomic mass is 16.6. The second kappa shape index (κ2) is 5.11. The molecule has 4 heteroatoms. The molecule has 0 aromatic heterocycles. The number of hydrogen-bond donors (Lipinski definition) is 0. The number of fused-ring (bicyclic) bond motifs is 1. The van der Waals surface area contributed by atoms with Gasteiger partial charge in [-0.25, -0.2) is 4.79 Å². The molecule has 1 atom stereocenters. The van der Waals surface area contributed by atoms with Crippen LogP contribution in [-0.4, -0.2) is 36.3 Å². The van der Waals surface area contributed by atoms with Crippen molar-refractivity contribution in [2.24, 2.45) is 0 Å². The van der Waals surface area contributed by atoms with Gasteiger partial charge in [-0.3, -0.25) is 0 Å². The largest absolute Gasteiger partial charge is 0.491 e. The minimum atomic E-state index is -0.473. The van der Waals surface area contributed by atoms with E-state index in [-0.39, 0.29) is 12.1 Å². The zero-order chi connectivity index (χ0) is 14.0. The van der Waals surface area contributed by atoms with Crippen LogP contribution < -0.4 is 4.74 Å². The summed E-state index contributed by atoms with van der Waals surface area (Å²) in [6.07, 6.45) is 0.492. The van der Waals surface area contributed by atoms with Crippen molar-refractivity contribution in [2.45, 2.75) is 38.8 Å². The van der Waals surface area contributed by atoms with Gasteiger partial charge in [0.05, 0.1) is 6.04 Å². The first-order valence-corrected chi connectivity index (χ1v) is 6.53. The van der Waals surface area contributed by atoms with Crippen molar-refractivity contribution in [3.63, 3.8) is 0 Å². The highest BCUT2D eigenvalue weighted by Crippen LogP contribution is 2.26. The maximum atomic E-state index is 12.0. The summed E-state index contributed by atoms with van der Waals surface area (Å²) in [5.41, 5.74) is 0.660. The lowest BCUT2D eigenvalue weighted by Gasteiger charge is -2.33. The Morgan fingerprint density at radius 1 is 1.37 bits per heavy atom. The van der Waals surface area contributed by atoms with E-state index in [4.69, 9.17) is 9.47 Å². The van der Waals surface area contributed by atoms with Gasteiger partial charge in [0, 0.05) is 7.05 Å². The molecule has 1 aromatic carbocycles. The summed E-state index contributed by atoms with van der Waals surface area (Å²) in [6, 6.07) is 7.95. The first kappa shape index (κ1) is 13.7. The average Bonchev–Trinajstić information content (AvgIpc) is 2.35. The van der Waals surface area contributed by atoms with E-state index in [1.807, 2.05) is 45.0 Å². The van der Waals surface area contributed by atoms with Crippen LogP contribution in [0.25, 0.3) is 0 Å². The van der Waals surface area contributed by atoms with Crippen molar-refractivity contribution in [1.82, 2.24) is 4.90 Å². The number of amides is 1. The number of para-hydroxylation sites is 1. The van der Waals surface area contributed by atoms with Crippen molar-refractivity contribution in [2.75, 3.05) is 13.7 Å². The summed E-state index contributed by atoms with van der Waals surface area (Å²) in [4.78, 5) is 13.6. The van der Waals surface area contributed by atoms with E-state index in [9.17, 15) is 4.79 Å². The number of nitrogens with zero attached hydrogens (tertiary/aromatic N) is 1. The molecule has 0 spiro atoms. The zero-order valence-electron chi connectivity index (χ0n) is 12.0. The van der Waals surface area contributed by atoms with Gasteiger partial charge in [-0.2, -0.15) is 0 Å². The van der Waals surface area contributed by atoms with E-state index in [0.717, 1.165) is 17.7 Å². The quantitative estimate of drug-likeness (QED) is 0.782. The molecule has 0 bridgehead atoms. The van der Waals surface area contributed by atoms with Gasteiger partial charge >= 0.3 is 6.09 Å². The van der Waals surface area contributed by atoms with E-state index in [0.29, 0.717) is 6.61 Å². The summed E-state index contributed by atoms with van der Waals surface area (Å²) >= 11 is 0. The maximum Gasteiger partial charge on any atom is 0.410 e. The van der Waals surface area contributed by atoms with Gasteiger partial charge in [-0.1, -0.05) is 18.2 Å². The predicted octanol–water partition coefficient (Wildman–Crippen LogP) is 2.86. The lowest BCUT2D eigenvalue weighted by Crippen LogP contribution is -2.46. The summed E-state index contributed by atoms with van der Waals surface area (Å²) < 4.78 is 11.1. The van der Waals surface area contributed by atoms with Crippen LogP contribution in [-0.2, 0) is 11.2 Å². The van der Waals surface area contributed by atoms with Gasteiger partial charge in [0.2, 0.25) is 0 Å². The van der Waals surface area contributed by atoms with Crippen molar-refractivity contribution in [1.29, 1.82) is 0 Å². The van der Waals surface area contributed by atoms with Crippen LogP contribution in [0.1, 0.15) is 26.3 Å². The summed E-state index contributed by atoms with van der Waals surface area (Å²) in [5, 5.41) is 0. The summed E-state index contributed by atoms with van der Waals surface area (Å²) in [7, 11) is 1.76. The van der Waals surface area contributed by atoms with Gasteiger partial charge < -0.3 is 14.4 Å². The van der Waals surface area contributed by atoms with Crippen LogP contribution in [0.5, 0.6) is 5.75 Å². The Labute approximate surface area is 114 Å². The Morgan fingerprint density at radius 2 is 2.05 bits per heavy atom. The molecule has 104 valence electrons. The van der Waals surface area contributed by atoms with E-state index < -0.39 is 5.60 Å². The zero-order valence-corrected chi connectivity index (χ0v) is 12.0. The fraction of sp³-hybridized carbons (Fsp3) is 0.533. The Kier molecular flexibility index (Phi) is 3.69. The molecule has 1 amide bonds. The van der Waals surface area contributed by atoms with Crippen molar-refractivity contribution < 1.29 is 14.3 Å². The lowest BCUT2D eigenvalue weighted by molar-refractivity contribution is 0.0159. The average molecular weight is 263 g/mol. The third kappa shape index (κ3) is 3.40. The first-order chi connectivity index (χ1) is 8.87. The normalized spacial score (nSPS) is 18.2. The number of carbonyl (C=O) groups is 1. The number of likely N-dealkylation sites (N-methyl/N-ethyl adjacent to an activating group) is 1. The Hall–Kier alpha value is -1.71. The minimum absolute atomic E-state index is 0.0183. The molecular weight excluding hydrogens is 242 g/mol. The van der Waals surface area contributed by atoms with Crippen LogP contribution in [0, 0.1) is 0 Å². The Morgan fingerprint density at radius 3 is 2.74 bits per heavy atom. The SMILES string of the molecule is CN(C(=O)OC(C)(C)C)C1COc2ccccc2C1. The highest BCUT2D eigenvalue weighted by molar-refractivity contribution is 5.68. The van der Waals surface area contributed by atoms with Crippen LogP contribution in [0.4, 0.5) is 4.79 Å². The summed E-state index contributed by atoms with van der Waals surface area (Å²) in [6.45, 7) is 6.11. The molecule has 0 saturated heterocycles. The molecule has 19 heavy (non-hydrogen) atoms. The van der Waals surface area contributed by atoms with Crippen molar-refractivity contribution in [3.8, 4) is 5.75 Å². The summed E-state index contributed by atoms with van der Waals surface area (Å²) in [5.74, 6) is 0.913. The van der Waals surface area contributed by atoms with Gasteiger partial charge in [-0.05, 0) is 38.8 Å². The second-order valence-electron chi connectivity index (χ2n) is 5.87. The van der Waals surface area contributed by atoms with E-state index in [1.165, 1.54) is 0 Å². The van der Waals surface area contributed by atoms with Gasteiger partial charge in [0.1, 0.15) is 18.0 Å². The fourth-order valence-corrected chi connectivity index (χ4v) is 2.04. The molecule has 1 aliphatic rings. The number of ether oxygens (including phenoxy) is 2. The van der Waals surface area contributed by atoms with Gasteiger partial charge in [0.25, 0.3) is 0 Å². The molecular formula is C15H21NO3. The maximum absolute atomic E-state index is 12.0. The smallest absolute Gasteiger partial charge is 0.410 e. The first-order valence-electron chi connectivity index (χ1n) is 6.53. The number of hydrogen-bond acceptors (Lipinski definition) is 3. The van der Waals surface area contributed by atoms with E-state index >= 15 is 0 Å². The Bertz CT molecular complexity index is 465. The third-order valence-electron chi connectivity index (χ3n) is 3.09. The molecule has 1 aliphatic heterocycles. The van der Waals surface area contributed by atoms with E-state index in [2.05, 4.69) is 0 Å². The molecule has 0 radical (unpaired) electrons. The topological polar surface area (TPSA) is 38.8 Å². The fourth-order valence-electron chi connectivity index (χ4n) is 2.04. The van der Waals surface area contributed by atoms with Crippen molar-refractivity contribution >= 4 is 6.09 Å². The molecule has 0 saturated carbocycles. The van der Waals surface area contributed by atoms with Crippen LogP contribution in [0.2, 0.25) is 0 Å². The molecule has 1 unspecified atom stereocenters. The Balaban J connectivity index is 2.02. The predicted molar refractivity (Wildman–Crippen MR) is 73.4 cm³/mol. The molecule has 4 nitrogen and oxygen atoms in total. The second-order valence-corrected chi connectivity index (χ2v) is 5.87. The molecule has 0 aliphatic carbocycles. The lowest BCUT2D eigenvalue weighted by atomic mass is 10.0. The molecule has 1 heterocycles. The van der Waals surface area contributed by atoms with Gasteiger partial charge in [0.15, 0.2) is 0 Å². The number of rotatable bonds is 1. The number of benzene rings is 1. The molecule has 0 N–H and O–H groups in total. The third-order valence-corrected chi connectivity index (χ3v) is 3.09. The molecule has 0 fully saturated rings. The van der Waals surface area contributed by atoms with Crippen LogP contribution in [0.3, 0.4) is 0 Å². The van der Waals surface area contributed by atoms with E-state index in [1.54, 1.807) is 11.9 Å². The minimum Gasteiger partial charge on any atom is -0.491 e. The number of carbonyl (C=O) groups excluding carboxylic acids is 1.